The molecule has 1 unspecified atom stereocenters. The topological polar surface area (TPSA) is 102 Å². The van der Waals surface area contributed by atoms with Gasteiger partial charge in [-0.05, 0) is 43.8 Å². The number of phenols is 1. The Morgan fingerprint density at radius 1 is 1.07 bits per heavy atom. The largest absolute Gasteiger partial charge is 0.508 e. The summed E-state index contributed by atoms with van der Waals surface area (Å²) in [4.78, 5) is 42.1. The molecule has 4 heterocycles. The van der Waals surface area contributed by atoms with Gasteiger partial charge in [0.05, 0.1) is 25.4 Å². The third-order valence-corrected chi connectivity index (χ3v) is 8.52. The molecule has 6 rings (SSSR count). The van der Waals surface area contributed by atoms with Crippen molar-refractivity contribution in [1.82, 2.24) is 19.8 Å². The highest BCUT2D eigenvalue weighted by atomic mass is 16.5. The van der Waals surface area contributed by atoms with Crippen molar-refractivity contribution in [3.63, 3.8) is 0 Å². The van der Waals surface area contributed by atoms with E-state index in [1.165, 1.54) is 6.08 Å². The van der Waals surface area contributed by atoms with Gasteiger partial charge in [0.15, 0.2) is 0 Å². The number of Topliss-reactive ketones (excluding diaryl/α,β-unsaturated/α-hetero) is 1. The van der Waals surface area contributed by atoms with Crippen LogP contribution in [0.1, 0.15) is 24.6 Å². The lowest BCUT2D eigenvalue weighted by Gasteiger charge is -2.38. The fourth-order valence-electron chi connectivity index (χ4n) is 6.42. The van der Waals surface area contributed by atoms with Crippen LogP contribution in [0, 0.1) is 5.92 Å². The van der Waals surface area contributed by atoms with E-state index in [1.807, 2.05) is 29.2 Å². The summed E-state index contributed by atoms with van der Waals surface area (Å²) >= 11 is 0. The van der Waals surface area contributed by atoms with E-state index in [0.717, 1.165) is 66.0 Å². The van der Waals surface area contributed by atoms with Crippen molar-refractivity contribution in [3.8, 4) is 11.8 Å². The van der Waals surface area contributed by atoms with E-state index >= 15 is 0 Å². The standard InChI is InChI=1S/C32H38N6O4/c1-3-30(41)36-12-14-37(15-13-36)31-27-9-11-38(29-17-25(40)16-24-6-4-5-7-26(24)29)20-28(27)33-32(34-31)42-21-23-8-10-35(19-23)18-22(2)39/h3-7,16-17,23,40H,1,8-15,18-21H2,2H3. The second-order valence-corrected chi connectivity index (χ2v) is 11.5. The Morgan fingerprint density at radius 3 is 2.67 bits per heavy atom. The van der Waals surface area contributed by atoms with Gasteiger partial charge in [0, 0.05) is 67.9 Å². The molecule has 1 atom stereocenters. The number of carbonyl (C=O) groups is 2. The Balaban J connectivity index is 1.27. The minimum absolute atomic E-state index is 0.0484. The summed E-state index contributed by atoms with van der Waals surface area (Å²) in [7, 11) is 0. The number of likely N-dealkylation sites (tertiary alicyclic amines) is 1. The maximum atomic E-state index is 12.2. The van der Waals surface area contributed by atoms with Gasteiger partial charge < -0.3 is 24.5 Å². The van der Waals surface area contributed by atoms with Gasteiger partial charge in [0.25, 0.3) is 0 Å². The molecule has 10 nitrogen and oxygen atoms in total. The van der Waals surface area contributed by atoms with E-state index in [9.17, 15) is 14.7 Å². The molecule has 2 fully saturated rings. The molecule has 220 valence electrons. The van der Waals surface area contributed by atoms with Crippen LogP contribution < -0.4 is 14.5 Å². The van der Waals surface area contributed by atoms with Gasteiger partial charge in [-0.15, -0.1) is 0 Å². The molecular formula is C32H38N6O4. The van der Waals surface area contributed by atoms with Crippen LogP contribution in [0.25, 0.3) is 10.8 Å². The summed E-state index contributed by atoms with van der Waals surface area (Å²) in [6, 6.07) is 12.1. The first-order valence-electron chi connectivity index (χ1n) is 14.8. The Hall–Kier alpha value is -4.18. The molecule has 1 aromatic heterocycles. The molecule has 0 bridgehead atoms. The van der Waals surface area contributed by atoms with Crippen LogP contribution in [0.4, 0.5) is 11.5 Å². The fourth-order valence-corrected chi connectivity index (χ4v) is 6.42. The van der Waals surface area contributed by atoms with Crippen molar-refractivity contribution in [1.29, 1.82) is 0 Å². The first-order chi connectivity index (χ1) is 20.4. The molecule has 1 N–H and O–H groups in total. The van der Waals surface area contributed by atoms with Crippen molar-refractivity contribution >= 4 is 34.0 Å². The lowest BCUT2D eigenvalue weighted by molar-refractivity contribution is -0.126. The van der Waals surface area contributed by atoms with Crippen molar-refractivity contribution in [2.45, 2.75) is 26.3 Å². The summed E-state index contributed by atoms with van der Waals surface area (Å²) in [5.74, 6) is 1.57. The fraction of sp³-hybridized carbons (Fsp3) is 0.438. The smallest absolute Gasteiger partial charge is 0.318 e. The zero-order chi connectivity index (χ0) is 29.2. The van der Waals surface area contributed by atoms with Gasteiger partial charge in [0.1, 0.15) is 17.4 Å². The van der Waals surface area contributed by atoms with E-state index in [-0.39, 0.29) is 17.4 Å². The number of benzene rings is 2. The number of aromatic hydroxyl groups is 1. The molecule has 10 heteroatoms. The zero-order valence-electron chi connectivity index (χ0n) is 24.2. The molecule has 3 aromatic rings. The average Bonchev–Trinajstić information content (AvgIpc) is 3.45. The summed E-state index contributed by atoms with van der Waals surface area (Å²) in [6.07, 6.45) is 3.10. The first-order valence-corrected chi connectivity index (χ1v) is 14.8. The quantitative estimate of drug-likeness (QED) is 0.410. The van der Waals surface area contributed by atoms with E-state index < -0.39 is 0 Å². The Morgan fingerprint density at radius 2 is 1.88 bits per heavy atom. The number of amides is 1. The molecule has 0 aliphatic carbocycles. The van der Waals surface area contributed by atoms with Crippen LogP contribution in [-0.2, 0) is 22.6 Å². The van der Waals surface area contributed by atoms with E-state index in [4.69, 9.17) is 14.7 Å². The number of rotatable bonds is 8. The number of anilines is 2. The van der Waals surface area contributed by atoms with Crippen LogP contribution in [0.3, 0.4) is 0 Å². The third kappa shape index (κ3) is 5.90. The Kier molecular flexibility index (Phi) is 7.97. The van der Waals surface area contributed by atoms with E-state index in [2.05, 4.69) is 27.3 Å². The maximum Gasteiger partial charge on any atom is 0.318 e. The minimum Gasteiger partial charge on any atom is -0.508 e. The minimum atomic E-state index is -0.0484. The molecule has 1 amide bonds. The molecule has 2 saturated heterocycles. The SMILES string of the molecule is C=CC(=O)N1CCN(c2nc(OCC3CCN(CC(C)=O)C3)nc3c2CCN(c2cc(O)cc4ccccc24)C3)CC1. The second-order valence-electron chi connectivity index (χ2n) is 11.5. The summed E-state index contributed by atoms with van der Waals surface area (Å²) < 4.78 is 6.25. The monoisotopic (exact) mass is 570 g/mol. The van der Waals surface area contributed by atoms with Crippen molar-refractivity contribution in [2.75, 3.05) is 68.8 Å². The van der Waals surface area contributed by atoms with Crippen LogP contribution in [0.2, 0.25) is 0 Å². The van der Waals surface area contributed by atoms with Crippen LogP contribution in [-0.4, -0.2) is 95.5 Å². The number of hydrogen-bond acceptors (Lipinski definition) is 9. The van der Waals surface area contributed by atoms with E-state index in [0.29, 0.717) is 57.8 Å². The number of carbonyl (C=O) groups excluding carboxylic acids is 2. The lowest BCUT2D eigenvalue weighted by atomic mass is 10.0. The van der Waals surface area contributed by atoms with Crippen molar-refractivity contribution < 1.29 is 19.4 Å². The zero-order valence-corrected chi connectivity index (χ0v) is 24.2. The number of aromatic nitrogens is 2. The summed E-state index contributed by atoms with van der Waals surface area (Å²) in [5.41, 5.74) is 3.01. The average molecular weight is 571 g/mol. The van der Waals surface area contributed by atoms with Crippen LogP contribution >= 0.6 is 0 Å². The van der Waals surface area contributed by atoms with Gasteiger partial charge in [-0.1, -0.05) is 30.8 Å². The predicted molar refractivity (Wildman–Crippen MR) is 162 cm³/mol. The number of ether oxygens (including phenoxy) is 1. The molecule has 0 spiro atoms. The molecule has 0 saturated carbocycles. The maximum absolute atomic E-state index is 12.2. The Labute approximate surface area is 246 Å². The molecule has 3 aliphatic heterocycles. The first kappa shape index (κ1) is 28.0. The second kappa shape index (κ2) is 12.0. The lowest BCUT2D eigenvalue weighted by Crippen LogP contribution is -2.49. The van der Waals surface area contributed by atoms with Crippen molar-refractivity contribution in [2.24, 2.45) is 5.92 Å². The Bertz CT molecular complexity index is 1500. The summed E-state index contributed by atoms with van der Waals surface area (Å²) in [6.45, 7) is 11.8. The third-order valence-electron chi connectivity index (χ3n) is 8.52. The van der Waals surface area contributed by atoms with Gasteiger partial charge >= 0.3 is 6.01 Å². The van der Waals surface area contributed by atoms with Gasteiger partial charge in [0.2, 0.25) is 5.91 Å². The molecule has 2 aromatic carbocycles. The van der Waals surface area contributed by atoms with Gasteiger partial charge in [-0.2, -0.15) is 9.97 Å². The highest BCUT2D eigenvalue weighted by Gasteiger charge is 2.30. The normalized spacial score (nSPS) is 19.2. The molecule has 0 radical (unpaired) electrons. The summed E-state index contributed by atoms with van der Waals surface area (Å²) in [5, 5.41) is 12.6. The highest BCUT2D eigenvalue weighted by molar-refractivity contribution is 5.95. The molecular weight excluding hydrogens is 532 g/mol. The van der Waals surface area contributed by atoms with Crippen LogP contribution in [0.15, 0.2) is 49.1 Å². The molecule has 42 heavy (non-hydrogen) atoms. The van der Waals surface area contributed by atoms with Gasteiger partial charge in [-0.3, -0.25) is 14.5 Å². The van der Waals surface area contributed by atoms with E-state index in [1.54, 1.807) is 13.0 Å². The van der Waals surface area contributed by atoms with Crippen LogP contribution in [0.5, 0.6) is 11.8 Å². The number of piperazine rings is 1. The number of ketones is 1. The highest BCUT2D eigenvalue weighted by Crippen LogP contribution is 2.36. The van der Waals surface area contributed by atoms with Gasteiger partial charge in [-0.25, -0.2) is 0 Å². The number of phenolic OH excluding ortho intramolecular Hbond substituents is 1. The van der Waals surface area contributed by atoms with Crippen molar-refractivity contribution in [3.05, 3.63) is 60.3 Å². The number of nitrogens with zero attached hydrogens (tertiary/aromatic N) is 6. The molecule has 3 aliphatic rings. The number of fused-ring (bicyclic) bond motifs is 2. The predicted octanol–water partition coefficient (Wildman–Crippen LogP) is 3.02. The number of hydrogen-bond donors (Lipinski definition) is 1.